The standard InChI is InChI=1S/C12H12ClN3O3/c1-8-11(7-13)12(15(2)14-8)19-10-5-3-9(4-6-10)16(17)18/h3-6H,7H2,1-2H3. The summed E-state index contributed by atoms with van der Waals surface area (Å²) in [4.78, 5) is 10.1. The van der Waals surface area contributed by atoms with Crippen molar-refractivity contribution in [3.63, 3.8) is 0 Å². The highest BCUT2D eigenvalue weighted by molar-refractivity contribution is 6.17. The number of benzene rings is 1. The zero-order valence-electron chi connectivity index (χ0n) is 10.5. The van der Waals surface area contributed by atoms with Gasteiger partial charge in [0.2, 0.25) is 5.88 Å². The summed E-state index contributed by atoms with van der Waals surface area (Å²) in [5.41, 5.74) is 1.63. The van der Waals surface area contributed by atoms with Gasteiger partial charge in [-0.25, -0.2) is 4.68 Å². The van der Waals surface area contributed by atoms with E-state index in [1.807, 2.05) is 6.92 Å². The SMILES string of the molecule is Cc1nn(C)c(Oc2ccc([N+](=O)[O-])cc2)c1CCl. The average molecular weight is 282 g/mol. The third-order valence-corrected chi connectivity index (χ3v) is 2.95. The topological polar surface area (TPSA) is 70.2 Å². The van der Waals surface area contributed by atoms with Crippen molar-refractivity contribution in [2.75, 3.05) is 0 Å². The first-order chi connectivity index (χ1) is 9.02. The predicted octanol–water partition coefficient (Wildman–Crippen LogP) is 3.17. The molecule has 0 atom stereocenters. The normalized spacial score (nSPS) is 10.5. The molecule has 0 spiro atoms. The first kappa shape index (κ1) is 13.4. The average Bonchev–Trinajstić information content (AvgIpc) is 2.64. The first-order valence-electron chi connectivity index (χ1n) is 5.53. The fraction of sp³-hybridized carbons (Fsp3) is 0.250. The summed E-state index contributed by atoms with van der Waals surface area (Å²) in [6.07, 6.45) is 0. The summed E-state index contributed by atoms with van der Waals surface area (Å²) in [7, 11) is 1.75. The number of hydrogen-bond acceptors (Lipinski definition) is 4. The van der Waals surface area contributed by atoms with Gasteiger partial charge in [0.1, 0.15) is 5.75 Å². The highest BCUT2D eigenvalue weighted by Crippen LogP contribution is 2.29. The molecule has 0 fully saturated rings. The molecule has 2 rings (SSSR count). The third kappa shape index (κ3) is 2.68. The van der Waals surface area contributed by atoms with E-state index in [0.717, 1.165) is 11.3 Å². The maximum atomic E-state index is 10.6. The molecule has 7 heteroatoms. The number of aryl methyl sites for hydroxylation is 2. The summed E-state index contributed by atoms with van der Waals surface area (Å²) in [6, 6.07) is 5.86. The Morgan fingerprint density at radius 1 is 1.42 bits per heavy atom. The summed E-state index contributed by atoms with van der Waals surface area (Å²) in [5.74, 6) is 1.34. The van der Waals surface area contributed by atoms with Crippen molar-refractivity contribution in [3.8, 4) is 11.6 Å². The number of hydrogen-bond donors (Lipinski definition) is 0. The van der Waals surface area contributed by atoms with Gasteiger partial charge in [0.25, 0.3) is 5.69 Å². The van der Waals surface area contributed by atoms with Gasteiger partial charge in [0.05, 0.1) is 22.1 Å². The monoisotopic (exact) mass is 281 g/mol. The van der Waals surface area contributed by atoms with E-state index >= 15 is 0 Å². The molecule has 0 unspecified atom stereocenters. The van der Waals surface area contributed by atoms with E-state index in [4.69, 9.17) is 16.3 Å². The highest BCUT2D eigenvalue weighted by Gasteiger charge is 2.15. The molecule has 2 aromatic rings. The lowest BCUT2D eigenvalue weighted by Crippen LogP contribution is -1.96. The number of nitrogens with zero attached hydrogens (tertiary/aromatic N) is 3. The van der Waals surface area contributed by atoms with Crippen LogP contribution in [0.2, 0.25) is 0 Å². The number of aromatic nitrogens is 2. The number of nitro groups is 1. The second-order valence-corrected chi connectivity index (χ2v) is 4.25. The Morgan fingerprint density at radius 2 is 2.05 bits per heavy atom. The van der Waals surface area contributed by atoms with E-state index in [9.17, 15) is 10.1 Å². The van der Waals surface area contributed by atoms with Crippen LogP contribution < -0.4 is 4.74 Å². The molecule has 0 bridgehead atoms. The number of ether oxygens (including phenoxy) is 1. The van der Waals surface area contributed by atoms with Crippen molar-refractivity contribution in [1.82, 2.24) is 9.78 Å². The largest absolute Gasteiger partial charge is 0.439 e. The molecule has 0 radical (unpaired) electrons. The van der Waals surface area contributed by atoms with Crippen molar-refractivity contribution >= 4 is 17.3 Å². The van der Waals surface area contributed by atoms with Crippen LogP contribution in [0.3, 0.4) is 0 Å². The summed E-state index contributed by atoms with van der Waals surface area (Å²) < 4.78 is 7.27. The lowest BCUT2D eigenvalue weighted by molar-refractivity contribution is -0.384. The maximum Gasteiger partial charge on any atom is 0.269 e. The van der Waals surface area contributed by atoms with Crippen LogP contribution in [0.5, 0.6) is 11.6 Å². The van der Waals surface area contributed by atoms with E-state index in [2.05, 4.69) is 5.10 Å². The molecular weight excluding hydrogens is 270 g/mol. The molecule has 0 aliphatic rings. The molecule has 100 valence electrons. The van der Waals surface area contributed by atoms with E-state index in [0.29, 0.717) is 17.5 Å². The van der Waals surface area contributed by atoms with Gasteiger partial charge >= 0.3 is 0 Å². The minimum atomic E-state index is -0.456. The Balaban J connectivity index is 2.28. The molecule has 1 heterocycles. The predicted molar refractivity (Wildman–Crippen MR) is 70.7 cm³/mol. The summed E-state index contributed by atoms with van der Waals surface area (Å²) in [6.45, 7) is 1.85. The minimum absolute atomic E-state index is 0.0195. The first-order valence-corrected chi connectivity index (χ1v) is 6.07. The zero-order chi connectivity index (χ0) is 14.0. The van der Waals surface area contributed by atoms with Gasteiger partial charge in [-0.1, -0.05) is 0 Å². The smallest absolute Gasteiger partial charge is 0.269 e. The molecule has 1 aromatic heterocycles. The number of halogens is 1. The molecular formula is C12H12ClN3O3. The Morgan fingerprint density at radius 3 is 2.58 bits per heavy atom. The second kappa shape index (κ2) is 5.27. The third-order valence-electron chi connectivity index (χ3n) is 2.68. The van der Waals surface area contributed by atoms with Gasteiger partial charge in [-0.05, 0) is 19.1 Å². The summed E-state index contributed by atoms with van der Waals surface area (Å²) >= 11 is 5.86. The van der Waals surface area contributed by atoms with Crippen molar-refractivity contribution in [1.29, 1.82) is 0 Å². The van der Waals surface area contributed by atoms with Crippen LogP contribution in [0.4, 0.5) is 5.69 Å². The molecule has 6 nitrogen and oxygen atoms in total. The van der Waals surface area contributed by atoms with Crippen molar-refractivity contribution in [3.05, 3.63) is 45.6 Å². The van der Waals surface area contributed by atoms with Gasteiger partial charge in [0, 0.05) is 19.2 Å². The van der Waals surface area contributed by atoms with Crippen LogP contribution in [0.15, 0.2) is 24.3 Å². The molecule has 0 N–H and O–H groups in total. The minimum Gasteiger partial charge on any atom is -0.439 e. The zero-order valence-corrected chi connectivity index (χ0v) is 11.2. The van der Waals surface area contributed by atoms with Gasteiger partial charge in [-0.2, -0.15) is 5.10 Å². The van der Waals surface area contributed by atoms with Crippen LogP contribution in [-0.2, 0) is 12.9 Å². The molecule has 19 heavy (non-hydrogen) atoms. The fourth-order valence-corrected chi connectivity index (χ4v) is 2.02. The van der Waals surface area contributed by atoms with E-state index < -0.39 is 4.92 Å². The lowest BCUT2D eigenvalue weighted by atomic mass is 10.3. The molecule has 0 saturated carbocycles. The number of alkyl halides is 1. The van der Waals surface area contributed by atoms with E-state index in [1.165, 1.54) is 12.1 Å². The summed E-state index contributed by atoms with van der Waals surface area (Å²) in [5, 5.41) is 14.8. The van der Waals surface area contributed by atoms with E-state index in [1.54, 1.807) is 23.9 Å². The van der Waals surface area contributed by atoms with Crippen LogP contribution in [0, 0.1) is 17.0 Å². The number of non-ortho nitro benzene ring substituents is 1. The Bertz CT molecular complexity index is 607. The number of nitro benzene ring substituents is 1. The molecule has 0 saturated heterocycles. The molecule has 0 aliphatic heterocycles. The van der Waals surface area contributed by atoms with Gasteiger partial charge in [0.15, 0.2) is 0 Å². The Hall–Kier alpha value is -2.08. The Labute approximate surface area is 114 Å². The molecule has 0 amide bonds. The molecule has 0 aliphatic carbocycles. The van der Waals surface area contributed by atoms with Crippen LogP contribution in [0.25, 0.3) is 0 Å². The molecule has 1 aromatic carbocycles. The van der Waals surface area contributed by atoms with E-state index in [-0.39, 0.29) is 5.69 Å². The van der Waals surface area contributed by atoms with Crippen LogP contribution in [0.1, 0.15) is 11.3 Å². The van der Waals surface area contributed by atoms with Gasteiger partial charge in [-0.3, -0.25) is 10.1 Å². The lowest BCUT2D eigenvalue weighted by Gasteiger charge is -2.07. The van der Waals surface area contributed by atoms with Crippen molar-refractivity contribution in [2.45, 2.75) is 12.8 Å². The van der Waals surface area contributed by atoms with Crippen LogP contribution in [-0.4, -0.2) is 14.7 Å². The van der Waals surface area contributed by atoms with Crippen molar-refractivity contribution in [2.24, 2.45) is 7.05 Å². The fourth-order valence-electron chi connectivity index (χ4n) is 1.71. The number of rotatable bonds is 4. The Kier molecular flexibility index (Phi) is 3.71. The second-order valence-electron chi connectivity index (χ2n) is 3.98. The highest BCUT2D eigenvalue weighted by atomic mass is 35.5. The quantitative estimate of drug-likeness (QED) is 0.490. The van der Waals surface area contributed by atoms with Gasteiger partial charge in [-0.15, -0.1) is 11.6 Å². The van der Waals surface area contributed by atoms with Crippen molar-refractivity contribution < 1.29 is 9.66 Å². The van der Waals surface area contributed by atoms with Gasteiger partial charge < -0.3 is 4.74 Å². The van der Waals surface area contributed by atoms with Crippen LogP contribution >= 0.6 is 11.6 Å². The maximum absolute atomic E-state index is 10.6.